The van der Waals surface area contributed by atoms with Crippen molar-refractivity contribution in [3.05, 3.63) is 59.4 Å². The van der Waals surface area contributed by atoms with Crippen LogP contribution in [0, 0.1) is 0 Å². The minimum atomic E-state index is -0.0475. The summed E-state index contributed by atoms with van der Waals surface area (Å²) in [7, 11) is 0. The van der Waals surface area contributed by atoms with Gasteiger partial charge in [0.1, 0.15) is 12.3 Å². The predicted molar refractivity (Wildman–Crippen MR) is 164 cm³/mol. The van der Waals surface area contributed by atoms with Crippen LogP contribution in [0.2, 0.25) is 0 Å². The molecule has 4 heteroatoms. The number of unbranched alkanes of at least 4 members (excludes halogenated alkanes) is 13. The second-order valence-corrected chi connectivity index (χ2v) is 12.1. The Labute approximate surface area is 240 Å². The molecule has 1 aromatic heterocycles. The van der Waals surface area contributed by atoms with Gasteiger partial charge in [0.15, 0.2) is 12.4 Å². The molecule has 2 aromatic rings. The molecule has 218 valence electrons. The van der Waals surface area contributed by atoms with Crippen molar-refractivity contribution >= 4 is 5.91 Å². The monoisotopic (exact) mass is 537 g/mol. The van der Waals surface area contributed by atoms with Gasteiger partial charge in [0.25, 0.3) is 5.91 Å². The maximum absolute atomic E-state index is 12.6. The third kappa shape index (κ3) is 13.5. The van der Waals surface area contributed by atoms with Crippen molar-refractivity contribution in [2.45, 2.75) is 143 Å². The lowest BCUT2D eigenvalue weighted by Crippen LogP contribution is -2.32. The molecule has 0 aliphatic heterocycles. The SMILES string of the molecule is CCCCCCCCCCCCCCCCOc1ccc(CNC(=O)c2cc[n+](CC)cc2)cc1C(C)(C)C. The first-order valence-electron chi connectivity index (χ1n) is 15.9. The van der Waals surface area contributed by atoms with Crippen LogP contribution in [0.1, 0.15) is 146 Å². The normalized spacial score (nSPS) is 11.5. The number of benzene rings is 1. The highest BCUT2D eigenvalue weighted by molar-refractivity contribution is 5.93. The number of rotatable bonds is 20. The van der Waals surface area contributed by atoms with E-state index in [-0.39, 0.29) is 11.3 Å². The van der Waals surface area contributed by atoms with Crippen LogP contribution in [0.25, 0.3) is 0 Å². The third-order valence-corrected chi connectivity index (χ3v) is 7.58. The molecule has 0 spiro atoms. The number of pyridine rings is 1. The third-order valence-electron chi connectivity index (χ3n) is 7.58. The van der Waals surface area contributed by atoms with E-state index in [1.807, 2.05) is 29.1 Å². The Bertz CT molecular complexity index is 931. The average Bonchev–Trinajstić information content (AvgIpc) is 2.93. The molecular formula is C35H57N2O2+. The average molecular weight is 538 g/mol. The number of carbonyl (C=O) groups excluding carboxylic acids is 1. The number of nitrogens with zero attached hydrogens (tertiary/aromatic N) is 1. The zero-order chi connectivity index (χ0) is 28.3. The summed E-state index contributed by atoms with van der Waals surface area (Å²) >= 11 is 0. The molecule has 0 radical (unpaired) electrons. The molecule has 1 amide bonds. The van der Waals surface area contributed by atoms with E-state index in [0.29, 0.717) is 12.1 Å². The van der Waals surface area contributed by atoms with E-state index in [4.69, 9.17) is 4.74 Å². The van der Waals surface area contributed by atoms with E-state index in [1.54, 1.807) is 0 Å². The minimum Gasteiger partial charge on any atom is -0.493 e. The van der Waals surface area contributed by atoms with Crippen molar-refractivity contribution in [3.8, 4) is 5.75 Å². The molecule has 1 heterocycles. The number of carbonyl (C=O) groups is 1. The molecule has 2 rings (SSSR count). The summed E-state index contributed by atoms with van der Waals surface area (Å²) < 4.78 is 8.30. The molecule has 1 aromatic carbocycles. The first kappa shape index (κ1) is 32.8. The van der Waals surface area contributed by atoms with Crippen LogP contribution < -0.4 is 14.6 Å². The highest BCUT2D eigenvalue weighted by atomic mass is 16.5. The van der Waals surface area contributed by atoms with Crippen LogP contribution in [-0.4, -0.2) is 12.5 Å². The van der Waals surface area contributed by atoms with Gasteiger partial charge >= 0.3 is 0 Å². The molecule has 0 atom stereocenters. The molecule has 1 N–H and O–H groups in total. The smallest absolute Gasteiger partial charge is 0.252 e. The van der Waals surface area contributed by atoms with Gasteiger partial charge in [-0.1, -0.05) is 117 Å². The lowest BCUT2D eigenvalue weighted by Gasteiger charge is -2.24. The van der Waals surface area contributed by atoms with Crippen LogP contribution >= 0.6 is 0 Å². The summed E-state index contributed by atoms with van der Waals surface area (Å²) in [5, 5.41) is 3.06. The molecule has 0 unspecified atom stereocenters. The summed E-state index contributed by atoms with van der Waals surface area (Å²) in [6.07, 6.45) is 23.0. The second-order valence-electron chi connectivity index (χ2n) is 12.1. The van der Waals surface area contributed by atoms with Crippen LogP contribution in [0.5, 0.6) is 5.75 Å². The van der Waals surface area contributed by atoms with Gasteiger partial charge in [-0.25, -0.2) is 4.57 Å². The Balaban J connectivity index is 1.66. The summed E-state index contributed by atoms with van der Waals surface area (Å²) in [5.41, 5.74) is 2.95. The zero-order valence-corrected chi connectivity index (χ0v) is 25.8. The van der Waals surface area contributed by atoms with Crippen LogP contribution in [-0.2, 0) is 18.5 Å². The number of nitrogens with one attached hydrogen (secondary N) is 1. The zero-order valence-electron chi connectivity index (χ0n) is 25.8. The Morgan fingerprint density at radius 2 is 1.31 bits per heavy atom. The Morgan fingerprint density at radius 1 is 0.769 bits per heavy atom. The Kier molecular flexibility index (Phi) is 15.9. The lowest BCUT2D eigenvalue weighted by atomic mass is 9.85. The summed E-state index contributed by atoms with van der Waals surface area (Å²) in [6, 6.07) is 10.1. The van der Waals surface area contributed by atoms with Gasteiger partial charge in [-0.3, -0.25) is 4.79 Å². The van der Waals surface area contributed by atoms with E-state index >= 15 is 0 Å². The van der Waals surface area contributed by atoms with Crippen molar-refractivity contribution in [1.29, 1.82) is 0 Å². The molecular weight excluding hydrogens is 480 g/mol. The first-order valence-corrected chi connectivity index (χ1v) is 15.9. The topological polar surface area (TPSA) is 42.2 Å². The highest BCUT2D eigenvalue weighted by Crippen LogP contribution is 2.32. The Hall–Kier alpha value is -2.36. The highest BCUT2D eigenvalue weighted by Gasteiger charge is 2.20. The van der Waals surface area contributed by atoms with Crippen LogP contribution in [0.4, 0.5) is 0 Å². The lowest BCUT2D eigenvalue weighted by molar-refractivity contribution is -0.693. The van der Waals surface area contributed by atoms with E-state index in [1.165, 1.54) is 89.0 Å². The van der Waals surface area contributed by atoms with Crippen LogP contribution in [0.15, 0.2) is 42.7 Å². The number of hydrogen-bond donors (Lipinski definition) is 1. The minimum absolute atomic E-state index is 0.0297. The predicted octanol–water partition coefficient (Wildman–Crippen LogP) is 9.08. The summed E-state index contributed by atoms with van der Waals surface area (Å²) in [6.45, 7) is 13.2. The molecule has 4 nitrogen and oxygen atoms in total. The quantitative estimate of drug-likeness (QED) is 0.135. The van der Waals surface area contributed by atoms with Crippen molar-refractivity contribution in [3.63, 3.8) is 0 Å². The van der Waals surface area contributed by atoms with E-state index < -0.39 is 0 Å². The fraction of sp³-hybridized carbons (Fsp3) is 0.657. The van der Waals surface area contributed by atoms with Gasteiger partial charge in [0.05, 0.1) is 12.2 Å². The van der Waals surface area contributed by atoms with Crippen molar-refractivity contribution < 1.29 is 14.1 Å². The number of amides is 1. The summed E-state index contributed by atoms with van der Waals surface area (Å²) in [5.74, 6) is 0.924. The fourth-order valence-corrected chi connectivity index (χ4v) is 4.98. The molecule has 39 heavy (non-hydrogen) atoms. The number of aromatic nitrogens is 1. The van der Waals surface area contributed by atoms with Crippen molar-refractivity contribution in [1.82, 2.24) is 5.32 Å². The van der Waals surface area contributed by atoms with Crippen molar-refractivity contribution in [2.24, 2.45) is 0 Å². The van der Waals surface area contributed by atoms with Gasteiger partial charge in [-0.2, -0.15) is 0 Å². The van der Waals surface area contributed by atoms with Gasteiger partial charge in [-0.15, -0.1) is 0 Å². The van der Waals surface area contributed by atoms with Gasteiger partial charge in [0.2, 0.25) is 0 Å². The van der Waals surface area contributed by atoms with Crippen LogP contribution in [0.3, 0.4) is 0 Å². The number of aryl methyl sites for hydroxylation is 1. The van der Waals surface area contributed by atoms with Gasteiger partial charge in [0, 0.05) is 18.7 Å². The van der Waals surface area contributed by atoms with Gasteiger partial charge < -0.3 is 10.1 Å². The summed E-state index contributed by atoms with van der Waals surface area (Å²) in [4.78, 5) is 12.6. The van der Waals surface area contributed by atoms with Gasteiger partial charge in [-0.05, 0) is 42.0 Å². The maximum Gasteiger partial charge on any atom is 0.252 e. The molecule has 0 aliphatic carbocycles. The second kappa shape index (κ2) is 18.8. The molecule has 0 saturated heterocycles. The van der Waals surface area contributed by atoms with E-state index in [9.17, 15) is 4.79 Å². The number of hydrogen-bond acceptors (Lipinski definition) is 2. The molecule has 0 aliphatic rings. The standard InChI is InChI=1S/C35H56N2O2/c1-6-8-9-10-11-12-13-14-15-16-17-18-19-20-27-39-33-22-21-30(28-32(33)35(3,4)5)29-36-34(38)31-23-25-37(7-2)26-24-31/h21-26,28H,6-20,27,29H2,1-5H3/p+1. The molecule has 0 bridgehead atoms. The maximum atomic E-state index is 12.6. The van der Waals surface area contributed by atoms with Crippen molar-refractivity contribution in [2.75, 3.05) is 6.61 Å². The largest absolute Gasteiger partial charge is 0.493 e. The van der Waals surface area contributed by atoms with E-state index in [2.05, 4.69) is 58.1 Å². The molecule has 0 fully saturated rings. The number of ether oxygens (including phenoxy) is 1. The fourth-order valence-electron chi connectivity index (χ4n) is 4.98. The first-order chi connectivity index (χ1) is 18.8. The molecule has 0 saturated carbocycles. The van der Waals surface area contributed by atoms with E-state index in [0.717, 1.165) is 30.9 Å². The Morgan fingerprint density at radius 3 is 1.82 bits per heavy atom.